The van der Waals surface area contributed by atoms with Gasteiger partial charge in [-0.25, -0.2) is 4.79 Å². The van der Waals surface area contributed by atoms with Crippen LogP contribution in [0.5, 0.6) is 5.75 Å². The van der Waals surface area contributed by atoms with Crippen molar-refractivity contribution in [1.29, 1.82) is 0 Å². The molecule has 3 heterocycles. The highest BCUT2D eigenvalue weighted by atomic mass is 16.8. The van der Waals surface area contributed by atoms with E-state index in [-0.39, 0.29) is 59.6 Å². The normalized spacial score (nSPS) is 49.6. The first-order chi connectivity index (χ1) is 34.4. The van der Waals surface area contributed by atoms with E-state index in [2.05, 4.69) is 47.6 Å². The number of carboxylic acids is 1. The van der Waals surface area contributed by atoms with Crippen molar-refractivity contribution in [2.24, 2.45) is 56.2 Å². The summed E-state index contributed by atoms with van der Waals surface area (Å²) in [5, 5.41) is 96.8. The van der Waals surface area contributed by atoms with Gasteiger partial charge in [-0.1, -0.05) is 53.2 Å². The molecule has 10 rings (SSSR count). The molecular formula is C54H78O19. The maximum atomic E-state index is 13.8. The van der Waals surface area contributed by atoms with Crippen molar-refractivity contribution < 1.29 is 93.4 Å². The zero-order chi connectivity index (χ0) is 52.5. The van der Waals surface area contributed by atoms with Crippen molar-refractivity contribution >= 4 is 11.9 Å². The predicted octanol–water partition coefficient (Wildman–Crippen LogP) is 2.44. The molecule has 1 spiro atoms. The lowest BCUT2D eigenvalue weighted by Gasteiger charge is -2.69. The topological polar surface area (TPSA) is 290 Å². The van der Waals surface area contributed by atoms with E-state index in [4.69, 9.17) is 37.9 Å². The third-order valence-corrected chi connectivity index (χ3v) is 20.6. The van der Waals surface area contributed by atoms with E-state index < -0.39 is 127 Å². The minimum atomic E-state index is -1.78. The Morgan fingerprint density at radius 1 is 0.712 bits per heavy atom. The van der Waals surface area contributed by atoms with Crippen LogP contribution in [0.25, 0.3) is 0 Å². The van der Waals surface area contributed by atoms with E-state index in [1.807, 2.05) is 0 Å². The zero-order valence-corrected chi connectivity index (χ0v) is 42.9. The van der Waals surface area contributed by atoms with Gasteiger partial charge in [-0.15, -0.1) is 0 Å². The number of esters is 1. The third kappa shape index (κ3) is 8.36. The molecule has 9 aliphatic rings. The number of aliphatic hydroxyl groups is 8. The lowest BCUT2D eigenvalue weighted by molar-refractivity contribution is -0.377. The summed E-state index contributed by atoms with van der Waals surface area (Å²) in [5.41, 5.74) is -0.728. The molecule has 0 amide bonds. The fraction of sp³-hybridized carbons (Fsp3) is 0.815. The standard InChI is InChI=1S/C54H78O19/c1-49(2)20-29-28-12-13-34-51(5)16-15-35(72-47-43(40(60)38(58)31(22-55)69-47)73-46-42(62)39(59)32(24-68-46)70-45-41(61)37(57)30(56)23-67-45)50(3,4)33(51)14-17-52(34,6)54(28)19-26(54)18-53(29,48(64)65)21-36(49)71-44(63)25-8-10-27(66-7)11-9-25/h8-12,26,29-43,45-47,55-62H,13-24H2,1-7H3,(H,64,65)/t26-,29-,30+,31+,32+,33-,34+,35-,36-,37-,38+,39-,40-,41+,42+,43+,45-,46-,47-,51-,52+,53+,54+/m0/s1. The summed E-state index contributed by atoms with van der Waals surface area (Å²) >= 11 is 0. The molecule has 6 aliphatic carbocycles. The molecule has 23 atom stereocenters. The molecule has 19 nitrogen and oxygen atoms in total. The first-order valence-corrected chi connectivity index (χ1v) is 26.4. The second kappa shape index (κ2) is 19.0. The molecule has 0 aromatic heterocycles. The number of rotatable bonds is 11. The van der Waals surface area contributed by atoms with Crippen molar-refractivity contribution in [2.45, 2.75) is 191 Å². The number of benzene rings is 1. The van der Waals surface area contributed by atoms with Gasteiger partial charge in [0, 0.05) is 17.3 Å². The van der Waals surface area contributed by atoms with Crippen LogP contribution in [-0.4, -0.2) is 177 Å². The highest BCUT2D eigenvalue weighted by Crippen LogP contribution is 2.85. The Morgan fingerprint density at radius 3 is 2.08 bits per heavy atom. The van der Waals surface area contributed by atoms with Crippen LogP contribution in [0.2, 0.25) is 0 Å². The van der Waals surface area contributed by atoms with E-state index in [0.717, 1.165) is 32.1 Å². The van der Waals surface area contributed by atoms with E-state index in [9.17, 15) is 55.5 Å². The minimum Gasteiger partial charge on any atom is -0.497 e. The molecular weight excluding hydrogens is 953 g/mol. The molecule has 73 heavy (non-hydrogen) atoms. The Bertz CT molecular complexity index is 2260. The number of carbonyl (C=O) groups excluding carboxylic acids is 1. The molecule has 1 aromatic rings. The monoisotopic (exact) mass is 1030 g/mol. The van der Waals surface area contributed by atoms with E-state index in [1.54, 1.807) is 31.4 Å². The molecule has 1 aromatic carbocycles. The minimum absolute atomic E-state index is 0.105. The maximum absolute atomic E-state index is 13.8. The van der Waals surface area contributed by atoms with Crippen molar-refractivity contribution in [3.8, 4) is 5.75 Å². The lowest BCUT2D eigenvalue weighted by Crippen LogP contribution is -2.66. The first kappa shape index (κ1) is 53.5. The summed E-state index contributed by atoms with van der Waals surface area (Å²) < 4.78 is 47.5. The smallest absolute Gasteiger partial charge is 0.338 e. The van der Waals surface area contributed by atoms with Gasteiger partial charge in [0.2, 0.25) is 0 Å². The Kier molecular flexibility index (Phi) is 13.9. The summed E-state index contributed by atoms with van der Waals surface area (Å²) in [7, 11) is 1.56. The number of aliphatic carboxylic acids is 1. The number of aliphatic hydroxyl groups excluding tert-OH is 8. The van der Waals surface area contributed by atoms with Crippen molar-refractivity contribution in [2.75, 3.05) is 26.9 Å². The molecule has 408 valence electrons. The van der Waals surface area contributed by atoms with E-state index in [1.165, 1.54) is 5.57 Å². The number of carbonyl (C=O) groups is 2. The van der Waals surface area contributed by atoms with Crippen LogP contribution in [0, 0.1) is 56.2 Å². The fourth-order valence-corrected chi connectivity index (χ4v) is 16.5. The quantitative estimate of drug-likeness (QED) is 0.0874. The summed E-state index contributed by atoms with van der Waals surface area (Å²) in [6, 6.07) is 6.76. The van der Waals surface area contributed by atoms with Crippen LogP contribution in [0.1, 0.15) is 110 Å². The van der Waals surface area contributed by atoms with Crippen LogP contribution >= 0.6 is 0 Å². The molecule has 5 saturated carbocycles. The molecule has 3 saturated heterocycles. The number of hydrogen-bond donors (Lipinski definition) is 9. The largest absolute Gasteiger partial charge is 0.497 e. The molecule has 0 unspecified atom stereocenters. The highest BCUT2D eigenvalue weighted by molar-refractivity contribution is 5.89. The average molecular weight is 1030 g/mol. The second-order valence-electron chi connectivity index (χ2n) is 25.0. The SMILES string of the molecule is COc1ccc(C(=O)O[C@H]2C[C@]3(C(=O)O)C[C@H]4C[C@]45C(=CC[C@@H]4[C@@]6(C)CC[C@H](O[C@@H]7O[C@H](CO)[C@@H](O)[C@H](O)[C@H]7O[C@@H]7OC[C@@H](O[C@@H]8OC[C@@H](O)[C@H](O)[C@H]8O)[C@H](O)[C@H]7O)C(C)(C)[C@@H]6CC[C@]45C)[C@@H]3CC2(C)C)cc1. The zero-order valence-electron chi connectivity index (χ0n) is 42.9. The summed E-state index contributed by atoms with van der Waals surface area (Å²) in [5.74, 6) is -0.243. The van der Waals surface area contributed by atoms with Crippen LogP contribution in [0.3, 0.4) is 0 Å². The van der Waals surface area contributed by atoms with Gasteiger partial charge in [0.05, 0.1) is 44.0 Å². The fourth-order valence-electron chi connectivity index (χ4n) is 16.5. The number of hydrogen-bond acceptors (Lipinski definition) is 18. The second-order valence-corrected chi connectivity index (χ2v) is 25.0. The molecule has 8 fully saturated rings. The van der Waals surface area contributed by atoms with Gasteiger partial charge in [0.25, 0.3) is 0 Å². The van der Waals surface area contributed by atoms with Gasteiger partial charge in [0.1, 0.15) is 72.9 Å². The van der Waals surface area contributed by atoms with E-state index in [0.29, 0.717) is 30.6 Å². The molecule has 19 heteroatoms. The number of methoxy groups -OCH3 is 1. The van der Waals surface area contributed by atoms with Gasteiger partial charge in [-0.2, -0.15) is 0 Å². The van der Waals surface area contributed by atoms with Crippen LogP contribution in [0.4, 0.5) is 0 Å². The molecule has 0 radical (unpaired) electrons. The first-order valence-electron chi connectivity index (χ1n) is 26.4. The number of allylic oxidation sites excluding steroid dienone is 2. The molecule has 3 aliphatic heterocycles. The Balaban J connectivity index is 0.851. The van der Waals surface area contributed by atoms with Gasteiger partial charge >= 0.3 is 11.9 Å². The Morgan fingerprint density at radius 2 is 1.40 bits per heavy atom. The van der Waals surface area contributed by atoms with Gasteiger partial charge in [-0.3, -0.25) is 4.79 Å². The molecule has 0 bridgehead atoms. The third-order valence-electron chi connectivity index (χ3n) is 20.6. The van der Waals surface area contributed by atoms with Gasteiger partial charge < -0.3 is 83.9 Å². The van der Waals surface area contributed by atoms with Crippen LogP contribution in [0.15, 0.2) is 35.9 Å². The predicted molar refractivity (Wildman–Crippen MR) is 254 cm³/mol. The van der Waals surface area contributed by atoms with Crippen molar-refractivity contribution in [1.82, 2.24) is 0 Å². The summed E-state index contributed by atoms with van der Waals surface area (Å²) in [4.78, 5) is 27.4. The number of carboxylic acid groups (broad SMARTS) is 1. The van der Waals surface area contributed by atoms with E-state index >= 15 is 0 Å². The van der Waals surface area contributed by atoms with Gasteiger partial charge in [0.15, 0.2) is 18.9 Å². The van der Waals surface area contributed by atoms with Crippen LogP contribution < -0.4 is 4.74 Å². The number of ether oxygens (including phenoxy) is 8. The van der Waals surface area contributed by atoms with Crippen LogP contribution in [-0.2, 0) is 38.0 Å². The maximum Gasteiger partial charge on any atom is 0.338 e. The number of fused-ring (bicyclic) bond motifs is 5. The Hall–Kier alpha value is -2.86. The van der Waals surface area contributed by atoms with Crippen molar-refractivity contribution in [3.05, 3.63) is 41.5 Å². The van der Waals surface area contributed by atoms with Gasteiger partial charge in [-0.05, 0) is 116 Å². The van der Waals surface area contributed by atoms with Crippen molar-refractivity contribution in [3.63, 3.8) is 0 Å². The highest BCUT2D eigenvalue weighted by Gasteiger charge is 2.79. The summed E-state index contributed by atoms with van der Waals surface area (Å²) in [6.45, 7) is 12.1. The summed E-state index contributed by atoms with van der Waals surface area (Å²) in [6.07, 6.45) is -11.9. The lowest BCUT2D eigenvalue weighted by atomic mass is 9.36. The Labute approximate surface area is 426 Å². The average Bonchev–Trinajstić information content (AvgIpc) is 4.08. The molecule has 9 N–H and O–H groups in total.